The van der Waals surface area contributed by atoms with Crippen molar-refractivity contribution in [1.82, 2.24) is 4.90 Å². The van der Waals surface area contributed by atoms with Crippen molar-refractivity contribution in [3.63, 3.8) is 0 Å². The summed E-state index contributed by atoms with van der Waals surface area (Å²) in [5, 5.41) is 8.98. The maximum atomic E-state index is 12.2. The molecule has 4 heteroatoms. The summed E-state index contributed by atoms with van der Waals surface area (Å²) in [5.41, 5.74) is 1.93. The second-order valence-corrected chi connectivity index (χ2v) is 6.57. The van der Waals surface area contributed by atoms with Gasteiger partial charge in [0.25, 0.3) is 0 Å². The zero-order chi connectivity index (χ0) is 15.5. The van der Waals surface area contributed by atoms with Gasteiger partial charge in [0.15, 0.2) is 0 Å². The van der Waals surface area contributed by atoms with Crippen molar-refractivity contribution in [1.29, 1.82) is 0 Å². The topological polar surface area (TPSA) is 57.6 Å². The molecule has 21 heavy (non-hydrogen) atoms. The van der Waals surface area contributed by atoms with Crippen molar-refractivity contribution >= 4 is 11.9 Å². The third-order valence-corrected chi connectivity index (χ3v) is 4.25. The van der Waals surface area contributed by atoms with Crippen LogP contribution in [0, 0.1) is 5.41 Å². The van der Waals surface area contributed by atoms with E-state index in [1.54, 1.807) is 0 Å². The van der Waals surface area contributed by atoms with Gasteiger partial charge in [0.05, 0.1) is 6.42 Å². The summed E-state index contributed by atoms with van der Waals surface area (Å²) < 4.78 is 0. The Kier molecular flexibility index (Phi) is 4.66. The van der Waals surface area contributed by atoms with E-state index in [0.717, 1.165) is 30.5 Å². The number of carbonyl (C=O) groups is 2. The first-order chi connectivity index (χ1) is 9.87. The summed E-state index contributed by atoms with van der Waals surface area (Å²) in [7, 11) is 0. The van der Waals surface area contributed by atoms with Crippen LogP contribution in [0.25, 0.3) is 0 Å². The Morgan fingerprint density at radius 1 is 1.24 bits per heavy atom. The molecule has 1 amide bonds. The van der Waals surface area contributed by atoms with Gasteiger partial charge in [-0.15, -0.1) is 0 Å². The minimum absolute atomic E-state index is 0.00367. The highest BCUT2D eigenvalue weighted by molar-refractivity contribution is 5.76. The van der Waals surface area contributed by atoms with E-state index in [-0.39, 0.29) is 17.7 Å². The van der Waals surface area contributed by atoms with Gasteiger partial charge in [-0.1, -0.05) is 38.1 Å². The van der Waals surface area contributed by atoms with Crippen LogP contribution in [-0.2, 0) is 22.6 Å². The predicted molar refractivity (Wildman–Crippen MR) is 80.8 cm³/mol. The van der Waals surface area contributed by atoms with Gasteiger partial charge >= 0.3 is 5.97 Å². The van der Waals surface area contributed by atoms with E-state index in [2.05, 4.69) is 13.8 Å². The van der Waals surface area contributed by atoms with Crippen LogP contribution in [0.1, 0.15) is 44.2 Å². The van der Waals surface area contributed by atoms with E-state index in [9.17, 15) is 9.59 Å². The molecule has 0 aromatic heterocycles. The van der Waals surface area contributed by atoms with Gasteiger partial charge in [-0.3, -0.25) is 9.59 Å². The fourth-order valence-electron chi connectivity index (χ4n) is 2.71. The smallest absolute Gasteiger partial charge is 0.307 e. The van der Waals surface area contributed by atoms with Gasteiger partial charge in [-0.25, -0.2) is 0 Å². The van der Waals surface area contributed by atoms with Gasteiger partial charge in [0.1, 0.15) is 0 Å². The number of benzene rings is 1. The van der Waals surface area contributed by atoms with Crippen LogP contribution in [0.5, 0.6) is 0 Å². The molecule has 2 rings (SSSR count). The number of amides is 1. The van der Waals surface area contributed by atoms with Crippen molar-refractivity contribution in [3.8, 4) is 0 Å². The van der Waals surface area contributed by atoms with E-state index in [4.69, 9.17) is 5.11 Å². The molecule has 0 spiro atoms. The molecular weight excluding hydrogens is 266 g/mol. The van der Waals surface area contributed by atoms with Crippen molar-refractivity contribution in [2.45, 2.75) is 46.1 Å². The van der Waals surface area contributed by atoms with Gasteiger partial charge < -0.3 is 10.0 Å². The SMILES string of the molecule is CC1(C)CCC(=O)N(Cc2ccccc2CC(=O)O)CC1. The Morgan fingerprint density at radius 3 is 2.57 bits per heavy atom. The Morgan fingerprint density at radius 2 is 1.90 bits per heavy atom. The molecule has 1 aromatic carbocycles. The summed E-state index contributed by atoms with van der Waals surface area (Å²) in [6.07, 6.45) is 2.48. The summed E-state index contributed by atoms with van der Waals surface area (Å²) >= 11 is 0. The van der Waals surface area contributed by atoms with Crippen LogP contribution < -0.4 is 0 Å². The first-order valence-corrected chi connectivity index (χ1v) is 7.44. The molecule has 0 bridgehead atoms. The molecular formula is C17H23NO3. The quantitative estimate of drug-likeness (QED) is 0.927. The van der Waals surface area contributed by atoms with Crippen LogP contribution in [0.3, 0.4) is 0 Å². The van der Waals surface area contributed by atoms with Crippen LogP contribution >= 0.6 is 0 Å². The number of carbonyl (C=O) groups excluding carboxylic acids is 1. The van der Waals surface area contributed by atoms with Crippen molar-refractivity contribution < 1.29 is 14.7 Å². The lowest BCUT2D eigenvalue weighted by Gasteiger charge is -2.24. The molecule has 1 fully saturated rings. The molecule has 0 atom stereocenters. The number of hydrogen-bond donors (Lipinski definition) is 1. The summed E-state index contributed by atoms with van der Waals surface area (Å²) in [4.78, 5) is 25.1. The maximum Gasteiger partial charge on any atom is 0.307 e. The number of nitrogens with zero attached hydrogens (tertiary/aromatic N) is 1. The third kappa shape index (κ3) is 4.31. The maximum absolute atomic E-state index is 12.2. The molecule has 0 unspecified atom stereocenters. The van der Waals surface area contributed by atoms with Gasteiger partial charge in [-0.2, -0.15) is 0 Å². The van der Waals surface area contributed by atoms with E-state index < -0.39 is 5.97 Å². The highest BCUT2D eigenvalue weighted by Gasteiger charge is 2.27. The average molecular weight is 289 g/mol. The Bertz CT molecular complexity index is 537. The van der Waals surface area contributed by atoms with Crippen molar-refractivity contribution in [2.24, 2.45) is 5.41 Å². The highest BCUT2D eigenvalue weighted by Crippen LogP contribution is 2.31. The summed E-state index contributed by atoms with van der Waals surface area (Å²) in [6.45, 7) is 5.65. The first-order valence-electron chi connectivity index (χ1n) is 7.44. The number of rotatable bonds is 4. The number of aliphatic carboxylic acids is 1. The Hall–Kier alpha value is -1.84. The normalized spacial score (nSPS) is 18.4. The van der Waals surface area contributed by atoms with E-state index in [0.29, 0.717) is 13.0 Å². The fraction of sp³-hybridized carbons (Fsp3) is 0.529. The molecule has 1 aliphatic rings. The molecule has 0 saturated carbocycles. The number of likely N-dealkylation sites (tertiary alicyclic amines) is 1. The van der Waals surface area contributed by atoms with E-state index in [1.807, 2.05) is 29.2 Å². The molecule has 114 valence electrons. The number of carboxylic acid groups (broad SMARTS) is 1. The largest absolute Gasteiger partial charge is 0.481 e. The highest BCUT2D eigenvalue weighted by atomic mass is 16.4. The Balaban J connectivity index is 2.13. The first kappa shape index (κ1) is 15.5. The zero-order valence-electron chi connectivity index (χ0n) is 12.8. The van der Waals surface area contributed by atoms with Crippen LogP contribution in [0.15, 0.2) is 24.3 Å². The molecule has 1 aliphatic heterocycles. The molecule has 4 nitrogen and oxygen atoms in total. The molecule has 0 aliphatic carbocycles. The monoisotopic (exact) mass is 289 g/mol. The second-order valence-electron chi connectivity index (χ2n) is 6.57. The molecule has 1 aromatic rings. The second kappa shape index (κ2) is 6.29. The lowest BCUT2D eigenvalue weighted by Crippen LogP contribution is -2.30. The minimum Gasteiger partial charge on any atom is -0.481 e. The summed E-state index contributed by atoms with van der Waals surface area (Å²) in [6, 6.07) is 7.49. The van der Waals surface area contributed by atoms with E-state index in [1.165, 1.54) is 0 Å². The Labute approximate surface area is 125 Å². The van der Waals surface area contributed by atoms with Gasteiger partial charge in [-0.05, 0) is 29.4 Å². The standard InChI is InChI=1S/C17H23NO3/c1-17(2)8-7-15(19)18(10-9-17)12-14-6-4-3-5-13(14)11-16(20)21/h3-6H,7-12H2,1-2H3,(H,20,21). The molecule has 1 saturated heterocycles. The lowest BCUT2D eigenvalue weighted by atomic mass is 9.85. The fourth-order valence-corrected chi connectivity index (χ4v) is 2.71. The summed E-state index contributed by atoms with van der Waals surface area (Å²) in [5.74, 6) is -0.670. The van der Waals surface area contributed by atoms with Crippen molar-refractivity contribution in [2.75, 3.05) is 6.54 Å². The van der Waals surface area contributed by atoms with Crippen molar-refractivity contribution in [3.05, 3.63) is 35.4 Å². The lowest BCUT2D eigenvalue weighted by molar-refractivity contribution is -0.136. The van der Waals surface area contributed by atoms with E-state index >= 15 is 0 Å². The molecule has 1 heterocycles. The number of hydrogen-bond acceptors (Lipinski definition) is 2. The molecule has 1 N–H and O–H groups in total. The van der Waals surface area contributed by atoms with Crippen LogP contribution in [-0.4, -0.2) is 28.4 Å². The average Bonchev–Trinajstić information content (AvgIpc) is 2.53. The van der Waals surface area contributed by atoms with Gasteiger partial charge in [0.2, 0.25) is 5.91 Å². The number of carboxylic acids is 1. The predicted octanol–water partition coefficient (Wildman–Crippen LogP) is 2.85. The zero-order valence-corrected chi connectivity index (χ0v) is 12.8. The van der Waals surface area contributed by atoms with Gasteiger partial charge in [0, 0.05) is 19.5 Å². The van der Waals surface area contributed by atoms with Crippen LogP contribution in [0.2, 0.25) is 0 Å². The molecule has 0 radical (unpaired) electrons. The minimum atomic E-state index is -0.842. The van der Waals surface area contributed by atoms with Crippen LogP contribution in [0.4, 0.5) is 0 Å². The third-order valence-electron chi connectivity index (χ3n) is 4.25.